The number of nitrogens with one attached hydrogen (secondary N) is 1. The van der Waals surface area contributed by atoms with E-state index >= 15 is 0 Å². The number of nitrogens with zero attached hydrogens (tertiary/aromatic N) is 2. The molecule has 0 aliphatic rings. The maximum absolute atomic E-state index is 14.1. The number of benzene rings is 3. The highest BCUT2D eigenvalue weighted by molar-refractivity contribution is 7.92. The molecule has 3 rings (SSSR count). The number of sulfonamides is 1. The zero-order chi connectivity index (χ0) is 29.3. The summed E-state index contributed by atoms with van der Waals surface area (Å²) in [4.78, 5) is 29.0. The Morgan fingerprint density at radius 2 is 1.60 bits per heavy atom. The molecule has 1 N–H and O–H groups in total. The molecular weight excluding hydrogens is 530 g/mol. The molecule has 3 aromatic rings. The highest BCUT2D eigenvalue weighted by Gasteiger charge is 2.33. The third-order valence-electron chi connectivity index (χ3n) is 6.43. The number of carbonyl (C=O) groups is 2. The standard InChI is InChI=1S/C30H37N3O6S/c1-6-31-30(35)27(18-23-10-8-7-9-11-23)32(20-24-14-12-22(2)13-15-24)29(34)21-33(40(5,36)37)26-19-25(38-3)16-17-28(26)39-4/h7-17,19,27H,6,18,20-21H2,1-5H3,(H,31,35)/t27-/m0/s1. The Kier molecular flexibility index (Phi) is 10.6. The minimum atomic E-state index is -3.95. The van der Waals surface area contributed by atoms with Crippen LogP contribution in [0.15, 0.2) is 72.8 Å². The number of likely N-dealkylation sites (N-methyl/N-ethyl adjacent to an activating group) is 1. The Balaban J connectivity index is 2.08. The number of hydrogen-bond donors (Lipinski definition) is 1. The number of ether oxygens (including phenoxy) is 2. The number of hydrogen-bond acceptors (Lipinski definition) is 6. The van der Waals surface area contributed by atoms with E-state index in [1.54, 1.807) is 12.1 Å². The van der Waals surface area contributed by atoms with Gasteiger partial charge in [-0.05, 0) is 37.1 Å². The summed E-state index contributed by atoms with van der Waals surface area (Å²) in [7, 11) is -1.07. The number of rotatable bonds is 13. The molecule has 2 amide bonds. The Labute approximate surface area is 236 Å². The summed E-state index contributed by atoms with van der Waals surface area (Å²) in [6.45, 7) is 3.72. The van der Waals surface area contributed by atoms with Crippen LogP contribution in [-0.4, -0.2) is 64.7 Å². The highest BCUT2D eigenvalue weighted by atomic mass is 32.2. The van der Waals surface area contributed by atoms with E-state index in [-0.39, 0.29) is 30.3 Å². The lowest BCUT2D eigenvalue weighted by Gasteiger charge is -2.33. The molecular formula is C30H37N3O6S. The quantitative estimate of drug-likeness (QED) is 0.339. The molecule has 0 aliphatic heterocycles. The van der Waals surface area contributed by atoms with E-state index in [0.717, 1.165) is 27.3 Å². The molecule has 10 heteroatoms. The Bertz CT molecular complexity index is 1390. The number of aryl methyl sites for hydroxylation is 1. The second-order valence-electron chi connectivity index (χ2n) is 9.41. The number of anilines is 1. The van der Waals surface area contributed by atoms with Crippen molar-refractivity contribution in [3.8, 4) is 11.5 Å². The van der Waals surface area contributed by atoms with Crippen LogP contribution >= 0.6 is 0 Å². The van der Waals surface area contributed by atoms with E-state index in [1.165, 1.54) is 25.2 Å². The van der Waals surface area contributed by atoms with Crippen molar-refractivity contribution < 1.29 is 27.5 Å². The Morgan fingerprint density at radius 3 is 2.17 bits per heavy atom. The molecule has 1 atom stereocenters. The van der Waals surface area contributed by atoms with E-state index in [1.807, 2.05) is 68.4 Å². The first-order valence-corrected chi connectivity index (χ1v) is 14.8. The summed E-state index contributed by atoms with van der Waals surface area (Å²) in [5.41, 5.74) is 2.89. The van der Waals surface area contributed by atoms with Crippen molar-refractivity contribution >= 4 is 27.5 Å². The normalized spacial score (nSPS) is 11.8. The van der Waals surface area contributed by atoms with Gasteiger partial charge in [0, 0.05) is 25.6 Å². The second-order valence-corrected chi connectivity index (χ2v) is 11.3. The molecule has 0 radical (unpaired) electrons. The second kappa shape index (κ2) is 13.8. The molecule has 0 aliphatic carbocycles. The monoisotopic (exact) mass is 567 g/mol. The first-order valence-electron chi connectivity index (χ1n) is 12.9. The van der Waals surface area contributed by atoms with Gasteiger partial charge >= 0.3 is 0 Å². The van der Waals surface area contributed by atoms with Gasteiger partial charge in [0.1, 0.15) is 24.1 Å². The SMILES string of the molecule is CCNC(=O)[C@H](Cc1ccccc1)N(Cc1ccc(C)cc1)C(=O)CN(c1cc(OC)ccc1OC)S(C)(=O)=O. The van der Waals surface area contributed by atoms with Gasteiger partial charge in [0.15, 0.2) is 0 Å². The summed E-state index contributed by atoms with van der Waals surface area (Å²) < 4.78 is 37.8. The molecule has 0 unspecified atom stereocenters. The van der Waals surface area contributed by atoms with Crippen LogP contribution in [0, 0.1) is 6.92 Å². The van der Waals surface area contributed by atoms with E-state index in [2.05, 4.69) is 5.32 Å². The average Bonchev–Trinajstić information content (AvgIpc) is 2.94. The van der Waals surface area contributed by atoms with Gasteiger partial charge in [-0.25, -0.2) is 8.42 Å². The molecule has 214 valence electrons. The van der Waals surface area contributed by atoms with Crippen LogP contribution in [-0.2, 0) is 32.6 Å². The topological polar surface area (TPSA) is 105 Å². The average molecular weight is 568 g/mol. The molecule has 0 spiro atoms. The number of methoxy groups -OCH3 is 2. The van der Waals surface area contributed by atoms with Crippen LogP contribution in [0.2, 0.25) is 0 Å². The zero-order valence-corrected chi connectivity index (χ0v) is 24.4. The Hall–Kier alpha value is -4.05. The van der Waals surface area contributed by atoms with Crippen molar-refractivity contribution in [2.75, 3.05) is 37.9 Å². The van der Waals surface area contributed by atoms with Crippen LogP contribution in [0.25, 0.3) is 0 Å². The summed E-state index contributed by atoms with van der Waals surface area (Å²) in [6, 6.07) is 20.9. The molecule has 0 fully saturated rings. The van der Waals surface area contributed by atoms with Gasteiger partial charge in [-0.15, -0.1) is 0 Å². The van der Waals surface area contributed by atoms with Gasteiger partial charge in [-0.2, -0.15) is 0 Å². The van der Waals surface area contributed by atoms with Crippen LogP contribution in [0.1, 0.15) is 23.6 Å². The van der Waals surface area contributed by atoms with Crippen molar-refractivity contribution in [2.45, 2.75) is 32.9 Å². The zero-order valence-electron chi connectivity index (χ0n) is 23.6. The van der Waals surface area contributed by atoms with E-state index < -0.39 is 28.5 Å². The number of carbonyl (C=O) groups excluding carboxylic acids is 2. The molecule has 3 aromatic carbocycles. The maximum Gasteiger partial charge on any atom is 0.244 e. The van der Waals surface area contributed by atoms with E-state index in [0.29, 0.717) is 12.3 Å². The van der Waals surface area contributed by atoms with Crippen LogP contribution in [0.3, 0.4) is 0 Å². The van der Waals surface area contributed by atoms with Crippen molar-refractivity contribution in [3.63, 3.8) is 0 Å². The summed E-state index contributed by atoms with van der Waals surface area (Å²) in [5.74, 6) is -0.203. The van der Waals surface area contributed by atoms with Gasteiger partial charge in [0.25, 0.3) is 0 Å². The van der Waals surface area contributed by atoms with Gasteiger partial charge in [0.05, 0.1) is 26.2 Å². The van der Waals surface area contributed by atoms with Gasteiger partial charge in [-0.3, -0.25) is 13.9 Å². The van der Waals surface area contributed by atoms with Crippen LogP contribution < -0.4 is 19.1 Å². The lowest BCUT2D eigenvalue weighted by molar-refractivity contribution is -0.140. The first-order chi connectivity index (χ1) is 19.1. The Morgan fingerprint density at radius 1 is 0.925 bits per heavy atom. The van der Waals surface area contributed by atoms with Crippen molar-refractivity contribution in [3.05, 3.63) is 89.5 Å². The molecule has 0 saturated carbocycles. The lowest BCUT2D eigenvalue weighted by atomic mass is 10.0. The summed E-state index contributed by atoms with van der Waals surface area (Å²) in [6.07, 6.45) is 1.28. The summed E-state index contributed by atoms with van der Waals surface area (Å²) >= 11 is 0. The molecule has 0 bridgehead atoms. The molecule has 9 nitrogen and oxygen atoms in total. The first kappa shape index (κ1) is 30.5. The summed E-state index contributed by atoms with van der Waals surface area (Å²) in [5, 5.41) is 2.84. The predicted molar refractivity (Wildman–Crippen MR) is 156 cm³/mol. The fraction of sp³-hybridized carbons (Fsp3) is 0.333. The highest BCUT2D eigenvalue weighted by Crippen LogP contribution is 2.34. The largest absolute Gasteiger partial charge is 0.497 e. The smallest absolute Gasteiger partial charge is 0.244 e. The van der Waals surface area contributed by atoms with Gasteiger partial charge in [-0.1, -0.05) is 60.2 Å². The molecule has 0 saturated heterocycles. The van der Waals surface area contributed by atoms with Gasteiger partial charge in [0.2, 0.25) is 21.8 Å². The van der Waals surface area contributed by atoms with Crippen molar-refractivity contribution in [2.24, 2.45) is 0 Å². The van der Waals surface area contributed by atoms with E-state index in [9.17, 15) is 18.0 Å². The third kappa shape index (κ3) is 7.98. The maximum atomic E-state index is 14.1. The van der Waals surface area contributed by atoms with E-state index in [4.69, 9.17) is 9.47 Å². The fourth-order valence-electron chi connectivity index (χ4n) is 4.32. The third-order valence-corrected chi connectivity index (χ3v) is 7.56. The molecule has 40 heavy (non-hydrogen) atoms. The fourth-order valence-corrected chi connectivity index (χ4v) is 5.17. The van der Waals surface area contributed by atoms with Crippen molar-refractivity contribution in [1.82, 2.24) is 10.2 Å². The molecule has 0 aromatic heterocycles. The lowest BCUT2D eigenvalue weighted by Crippen LogP contribution is -2.53. The van der Waals surface area contributed by atoms with Crippen LogP contribution in [0.5, 0.6) is 11.5 Å². The number of amides is 2. The van der Waals surface area contributed by atoms with Crippen molar-refractivity contribution in [1.29, 1.82) is 0 Å². The molecule has 0 heterocycles. The van der Waals surface area contributed by atoms with Gasteiger partial charge < -0.3 is 19.7 Å². The minimum Gasteiger partial charge on any atom is -0.497 e. The van der Waals surface area contributed by atoms with Crippen LogP contribution in [0.4, 0.5) is 5.69 Å². The predicted octanol–water partition coefficient (Wildman–Crippen LogP) is 3.55. The minimum absolute atomic E-state index is 0.112.